The van der Waals surface area contributed by atoms with Crippen LogP contribution in [0.2, 0.25) is 0 Å². The minimum Gasteiger partial charge on any atom is -0.491 e. The van der Waals surface area contributed by atoms with Gasteiger partial charge in [-0.3, -0.25) is 4.79 Å². The van der Waals surface area contributed by atoms with Crippen LogP contribution in [0.15, 0.2) is 71.8 Å². The van der Waals surface area contributed by atoms with E-state index in [1.165, 1.54) is 0 Å². The van der Waals surface area contributed by atoms with E-state index in [1.54, 1.807) is 45.2 Å². The Labute approximate surface area is 243 Å². The number of unbranched alkanes of at least 4 members (excludes halogenated alkanes) is 1. The maximum atomic E-state index is 13.2. The summed E-state index contributed by atoms with van der Waals surface area (Å²) in [6.45, 7) is 5.97. The van der Waals surface area contributed by atoms with Crippen molar-refractivity contribution in [2.45, 2.75) is 62.7 Å². The molecule has 3 aromatic rings. The Morgan fingerprint density at radius 3 is 2.43 bits per heavy atom. The molecule has 2 aromatic carbocycles. The van der Waals surface area contributed by atoms with Crippen LogP contribution in [0.4, 0.5) is 24.7 Å². The molecule has 0 radical (unpaired) electrons. The molecule has 228 valence electrons. The molecule has 13 heteroatoms. The third-order valence-electron chi connectivity index (χ3n) is 5.77. The molecule has 0 fully saturated rings. The maximum absolute atomic E-state index is 13.2. The Kier molecular flexibility index (Phi) is 10.8. The summed E-state index contributed by atoms with van der Waals surface area (Å²) >= 11 is 0. The number of aromatic nitrogens is 1. The van der Waals surface area contributed by atoms with Crippen molar-refractivity contribution in [3.63, 3.8) is 0 Å². The lowest BCUT2D eigenvalue weighted by atomic mass is 10.1. The van der Waals surface area contributed by atoms with E-state index in [0.29, 0.717) is 24.0 Å². The van der Waals surface area contributed by atoms with Crippen molar-refractivity contribution in [1.29, 1.82) is 0 Å². The fourth-order valence-corrected chi connectivity index (χ4v) is 5.06. The van der Waals surface area contributed by atoms with Crippen molar-refractivity contribution in [3.8, 4) is 5.75 Å². The molecule has 0 aliphatic carbocycles. The molecule has 1 atom stereocenters. The summed E-state index contributed by atoms with van der Waals surface area (Å²) in [5.74, 6) is 0.325. The summed E-state index contributed by atoms with van der Waals surface area (Å²) in [7, 11) is -4.53. The number of nitrogens with two attached hydrogens (primary N) is 1. The van der Waals surface area contributed by atoms with Crippen LogP contribution in [-0.4, -0.2) is 44.2 Å². The van der Waals surface area contributed by atoms with Gasteiger partial charge in [-0.1, -0.05) is 18.2 Å². The van der Waals surface area contributed by atoms with Gasteiger partial charge >= 0.3 is 12.1 Å². The van der Waals surface area contributed by atoms with Crippen LogP contribution in [0.25, 0.3) is 0 Å². The van der Waals surface area contributed by atoms with Crippen molar-refractivity contribution in [2.24, 2.45) is 0 Å². The van der Waals surface area contributed by atoms with Crippen LogP contribution in [0.1, 0.15) is 44.7 Å². The fourth-order valence-electron chi connectivity index (χ4n) is 3.83. The predicted octanol–water partition coefficient (Wildman–Crippen LogP) is 5.19. The van der Waals surface area contributed by atoms with Gasteiger partial charge in [-0.15, -0.1) is 0 Å². The molecular weight excluding hydrogens is 573 g/mol. The van der Waals surface area contributed by atoms with E-state index < -0.39 is 44.3 Å². The number of rotatable bonds is 13. The van der Waals surface area contributed by atoms with Gasteiger partial charge < -0.3 is 20.5 Å². The first kappa shape index (κ1) is 32.7. The number of nitrogens with one attached hydrogen (secondary N) is 2. The summed E-state index contributed by atoms with van der Waals surface area (Å²) in [5, 5.41) is 3.21. The number of ether oxygens (including phenoxy) is 2. The number of hydrogen-bond acceptors (Lipinski definition) is 8. The number of anilines is 2. The van der Waals surface area contributed by atoms with Crippen LogP contribution < -0.4 is 20.5 Å². The minimum absolute atomic E-state index is 0.170. The monoisotopic (exact) mass is 608 g/mol. The second kappa shape index (κ2) is 13.9. The van der Waals surface area contributed by atoms with Gasteiger partial charge in [0, 0.05) is 12.7 Å². The highest BCUT2D eigenvalue weighted by atomic mass is 32.2. The SMILES string of the molecule is CC(C)(C)OC(=O)[C@H](Cc1ccc(OCCCCNc2ccccn2)c(N)c1)NS(=O)(=O)c1cccc(C(F)(F)F)c1. The highest BCUT2D eigenvalue weighted by Gasteiger charge is 2.34. The van der Waals surface area contributed by atoms with Crippen molar-refractivity contribution >= 4 is 27.5 Å². The lowest BCUT2D eigenvalue weighted by Crippen LogP contribution is -2.45. The van der Waals surface area contributed by atoms with E-state index >= 15 is 0 Å². The van der Waals surface area contributed by atoms with Crippen LogP contribution in [0.5, 0.6) is 5.75 Å². The van der Waals surface area contributed by atoms with Gasteiger partial charge in [-0.25, -0.2) is 13.4 Å². The van der Waals surface area contributed by atoms with Gasteiger partial charge in [0.2, 0.25) is 10.0 Å². The summed E-state index contributed by atoms with van der Waals surface area (Å²) in [4.78, 5) is 16.5. The molecule has 0 amide bonds. The minimum atomic E-state index is -4.74. The largest absolute Gasteiger partial charge is 0.491 e. The first-order valence-corrected chi connectivity index (χ1v) is 14.7. The van der Waals surface area contributed by atoms with Crippen molar-refractivity contribution in [2.75, 3.05) is 24.2 Å². The van der Waals surface area contributed by atoms with Crippen LogP contribution >= 0.6 is 0 Å². The topological polar surface area (TPSA) is 133 Å². The number of sulfonamides is 1. The molecule has 0 spiro atoms. The number of halogens is 3. The van der Waals surface area contributed by atoms with Gasteiger partial charge in [-0.05, 0) is 88.1 Å². The highest BCUT2D eigenvalue weighted by Crippen LogP contribution is 2.31. The van der Waals surface area contributed by atoms with Gasteiger partial charge in [0.25, 0.3) is 0 Å². The number of carbonyl (C=O) groups excluding carboxylic acids is 1. The quantitative estimate of drug-likeness (QED) is 0.137. The summed E-state index contributed by atoms with van der Waals surface area (Å²) in [6.07, 6.45) is -1.62. The lowest BCUT2D eigenvalue weighted by Gasteiger charge is -2.25. The van der Waals surface area contributed by atoms with Crippen LogP contribution in [0.3, 0.4) is 0 Å². The molecule has 3 rings (SSSR count). The van der Waals surface area contributed by atoms with E-state index in [1.807, 2.05) is 18.2 Å². The Morgan fingerprint density at radius 1 is 1.02 bits per heavy atom. The van der Waals surface area contributed by atoms with E-state index in [-0.39, 0.29) is 12.1 Å². The maximum Gasteiger partial charge on any atom is 0.416 e. The zero-order valence-corrected chi connectivity index (χ0v) is 24.4. The van der Waals surface area contributed by atoms with E-state index in [2.05, 4.69) is 15.0 Å². The molecular formula is C29H35F3N4O5S. The third-order valence-corrected chi connectivity index (χ3v) is 7.24. The summed E-state index contributed by atoms with van der Waals surface area (Å²) in [5.41, 5.74) is 4.85. The molecule has 0 bridgehead atoms. The number of benzene rings is 2. The summed E-state index contributed by atoms with van der Waals surface area (Å²) < 4.78 is 79.0. The molecule has 9 nitrogen and oxygen atoms in total. The zero-order chi connectivity index (χ0) is 31.0. The van der Waals surface area contributed by atoms with Gasteiger partial charge in [0.1, 0.15) is 23.2 Å². The van der Waals surface area contributed by atoms with E-state index in [9.17, 15) is 26.4 Å². The number of esters is 1. The van der Waals surface area contributed by atoms with Crippen molar-refractivity contribution in [3.05, 3.63) is 78.0 Å². The standard InChI is InChI=1S/C29H35F3N4O5S/c1-28(2,3)41-27(37)24(36-42(38,39)22-10-8-9-21(19-22)29(30,31)32)18-20-12-13-25(23(33)17-20)40-16-7-6-15-35-26-11-4-5-14-34-26/h4-5,8-14,17,19,24,36H,6-7,15-16,18,33H2,1-3H3,(H,34,35)/t24-/m0/s1. The van der Waals surface area contributed by atoms with E-state index in [4.69, 9.17) is 15.2 Å². The van der Waals surface area contributed by atoms with Crippen molar-refractivity contribution < 1.29 is 35.9 Å². The molecule has 1 heterocycles. The second-order valence-electron chi connectivity index (χ2n) is 10.5. The highest BCUT2D eigenvalue weighted by molar-refractivity contribution is 7.89. The number of pyridine rings is 1. The number of nitrogen functional groups attached to an aromatic ring is 1. The predicted molar refractivity (Wildman–Crippen MR) is 153 cm³/mol. The number of alkyl halides is 3. The second-order valence-corrected chi connectivity index (χ2v) is 12.2. The molecule has 0 saturated carbocycles. The molecule has 42 heavy (non-hydrogen) atoms. The molecule has 1 aromatic heterocycles. The average Bonchev–Trinajstić information content (AvgIpc) is 2.90. The van der Waals surface area contributed by atoms with Gasteiger partial charge in [0.15, 0.2) is 0 Å². The smallest absolute Gasteiger partial charge is 0.416 e. The normalized spacial score (nSPS) is 12.9. The number of nitrogens with zero attached hydrogens (tertiary/aromatic N) is 1. The van der Waals surface area contributed by atoms with Crippen molar-refractivity contribution in [1.82, 2.24) is 9.71 Å². The zero-order valence-electron chi connectivity index (χ0n) is 23.6. The Morgan fingerprint density at radius 2 is 1.79 bits per heavy atom. The first-order valence-electron chi connectivity index (χ1n) is 13.2. The Hall–Kier alpha value is -3.84. The van der Waals surface area contributed by atoms with Gasteiger partial charge in [0.05, 0.1) is 22.8 Å². The fraction of sp³-hybridized carbons (Fsp3) is 0.379. The lowest BCUT2D eigenvalue weighted by molar-refractivity contribution is -0.156. The van der Waals surface area contributed by atoms with E-state index in [0.717, 1.165) is 43.4 Å². The van der Waals surface area contributed by atoms with Crippen LogP contribution in [-0.2, 0) is 32.2 Å². The Balaban J connectivity index is 1.67. The number of carbonyl (C=O) groups is 1. The Bertz CT molecular complexity index is 1450. The molecule has 4 N–H and O–H groups in total. The first-order chi connectivity index (χ1) is 19.6. The molecule has 0 unspecified atom stereocenters. The number of hydrogen-bond donors (Lipinski definition) is 3. The van der Waals surface area contributed by atoms with Crippen LogP contribution in [0, 0.1) is 0 Å². The molecule has 0 aliphatic heterocycles. The third kappa shape index (κ3) is 10.2. The van der Waals surface area contributed by atoms with Gasteiger partial charge in [-0.2, -0.15) is 17.9 Å². The summed E-state index contributed by atoms with van der Waals surface area (Å²) in [6, 6.07) is 12.2. The molecule has 0 saturated heterocycles. The molecule has 0 aliphatic rings. The average molecular weight is 609 g/mol.